The van der Waals surface area contributed by atoms with E-state index in [9.17, 15) is 18.0 Å². The highest BCUT2D eigenvalue weighted by Crippen LogP contribution is 2.46. The van der Waals surface area contributed by atoms with Crippen LogP contribution in [0, 0.1) is 0 Å². The van der Waals surface area contributed by atoms with Gasteiger partial charge in [-0.15, -0.1) is 0 Å². The van der Waals surface area contributed by atoms with Crippen LogP contribution in [-0.2, 0) is 24.1 Å². The smallest absolute Gasteiger partial charge is 0.356 e. The maximum absolute atomic E-state index is 13.1. The van der Waals surface area contributed by atoms with Gasteiger partial charge in [0.05, 0.1) is 27.9 Å². The zero-order valence-electron chi connectivity index (χ0n) is 14.3. The Morgan fingerprint density at radius 1 is 1.37 bits per heavy atom. The third kappa shape index (κ3) is 5.25. The summed E-state index contributed by atoms with van der Waals surface area (Å²) in [6.45, 7) is 1.17. The predicted molar refractivity (Wildman–Crippen MR) is 96.4 cm³/mol. The Labute approximate surface area is 167 Å². The molecular formula is C16H18BrClF3N5O. The number of halogens is 5. The highest BCUT2D eigenvalue weighted by atomic mass is 79.9. The Morgan fingerprint density at radius 2 is 2.11 bits per heavy atom. The normalized spacial score (nSPS) is 14.6. The van der Waals surface area contributed by atoms with Crippen molar-refractivity contribution in [2.75, 3.05) is 6.54 Å². The van der Waals surface area contributed by atoms with Crippen LogP contribution in [0.2, 0.25) is 5.02 Å². The van der Waals surface area contributed by atoms with Crippen LogP contribution in [0.15, 0.2) is 16.9 Å². The molecule has 2 heterocycles. The Hall–Kier alpha value is -1.55. The van der Waals surface area contributed by atoms with Gasteiger partial charge in [-0.3, -0.25) is 14.2 Å². The standard InChI is InChI=1S/C16H18BrClF3N5O/c17-13-14(10-2-3-10)26(24-15(13)16(19,20)21)7-4-12(27)22-5-1-6-25-9-11(18)8-23-25/h8-10H,1-7H2,(H,22,27). The van der Waals surface area contributed by atoms with Crippen LogP contribution in [0.5, 0.6) is 0 Å². The average molecular weight is 469 g/mol. The first-order valence-electron chi connectivity index (χ1n) is 8.53. The monoisotopic (exact) mass is 467 g/mol. The molecule has 0 bridgehead atoms. The lowest BCUT2D eigenvalue weighted by atomic mass is 10.2. The Bertz CT molecular complexity index is 816. The van der Waals surface area contributed by atoms with Crippen LogP contribution in [0.3, 0.4) is 0 Å². The van der Waals surface area contributed by atoms with Crippen molar-refractivity contribution in [3.8, 4) is 0 Å². The fraction of sp³-hybridized carbons (Fsp3) is 0.562. The van der Waals surface area contributed by atoms with Gasteiger partial charge in [0.25, 0.3) is 0 Å². The van der Waals surface area contributed by atoms with Crippen LogP contribution in [0.1, 0.15) is 43.0 Å². The van der Waals surface area contributed by atoms with Gasteiger partial charge >= 0.3 is 6.18 Å². The minimum absolute atomic E-state index is 0.00390. The quantitative estimate of drug-likeness (QED) is 0.596. The molecule has 1 aliphatic rings. The summed E-state index contributed by atoms with van der Waals surface area (Å²) < 4.78 is 42.2. The lowest BCUT2D eigenvalue weighted by Crippen LogP contribution is -2.26. The molecule has 1 saturated carbocycles. The van der Waals surface area contributed by atoms with Gasteiger partial charge in [0.2, 0.25) is 5.91 Å². The Morgan fingerprint density at radius 3 is 2.70 bits per heavy atom. The van der Waals surface area contributed by atoms with Crippen molar-refractivity contribution in [2.24, 2.45) is 0 Å². The molecule has 0 radical (unpaired) electrons. The molecule has 1 amide bonds. The highest BCUT2D eigenvalue weighted by molar-refractivity contribution is 9.10. The molecule has 1 aliphatic carbocycles. The molecule has 148 valence electrons. The number of amides is 1. The molecule has 1 fully saturated rings. The topological polar surface area (TPSA) is 64.7 Å². The zero-order chi connectivity index (χ0) is 19.6. The summed E-state index contributed by atoms with van der Waals surface area (Å²) in [5, 5.41) is 11.0. The number of carbonyl (C=O) groups is 1. The molecule has 0 aliphatic heterocycles. The second kappa shape index (κ2) is 8.22. The van der Waals surface area contributed by atoms with Crippen LogP contribution in [0.25, 0.3) is 0 Å². The SMILES string of the molecule is O=C(CCn1nc(C(F)(F)F)c(Br)c1C1CC1)NCCCn1cc(Cl)cn1. The number of aromatic nitrogens is 4. The summed E-state index contributed by atoms with van der Waals surface area (Å²) in [5.41, 5.74) is -0.395. The number of nitrogens with one attached hydrogen (secondary N) is 1. The minimum Gasteiger partial charge on any atom is -0.356 e. The number of nitrogens with zero attached hydrogens (tertiary/aromatic N) is 4. The second-order valence-corrected chi connectivity index (χ2v) is 7.65. The van der Waals surface area contributed by atoms with E-state index in [0.29, 0.717) is 30.2 Å². The van der Waals surface area contributed by atoms with Crippen molar-refractivity contribution in [2.45, 2.75) is 50.9 Å². The van der Waals surface area contributed by atoms with Gasteiger partial charge in [-0.05, 0) is 35.2 Å². The maximum Gasteiger partial charge on any atom is 0.436 e. The summed E-state index contributed by atoms with van der Waals surface area (Å²) in [6.07, 6.45) is 1.12. The Balaban J connectivity index is 1.49. The fourth-order valence-corrected chi connectivity index (χ4v) is 3.77. The van der Waals surface area contributed by atoms with E-state index in [1.807, 2.05) is 0 Å². The molecule has 0 aromatic carbocycles. The number of hydrogen-bond donors (Lipinski definition) is 1. The molecule has 6 nitrogen and oxygen atoms in total. The molecule has 27 heavy (non-hydrogen) atoms. The highest BCUT2D eigenvalue weighted by Gasteiger charge is 2.41. The molecule has 0 unspecified atom stereocenters. The summed E-state index contributed by atoms with van der Waals surface area (Å²) in [5.74, 6) is -0.151. The van der Waals surface area contributed by atoms with Crippen molar-refractivity contribution in [3.63, 3.8) is 0 Å². The van der Waals surface area contributed by atoms with E-state index in [4.69, 9.17) is 11.6 Å². The predicted octanol–water partition coefficient (Wildman–Crippen LogP) is 3.99. The van der Waals surface area contributed by atoms with Gasteiger partial charge in [0, 0.05) is 31.6 Å². The van der Waals surface area contributed by atoms with E-state index in [1.54, 1.807) is 10.9 Å². The number of carbonyl (C=O) groups excluding carboxylic acids is 1. The number of aryl methyl sites for hydroxylation is 2. The molecule has 2 aromatic rings. The van der Waals surface area contributed by atoms with Crippen molar-refractivity contribution < 1.29 is 18.0 Å². The number of hydrogen-bond acceptors (Lipinski definition) is 3. The van der Waals surface area contributed by atoms with E-state index in [2.05, 4.69) is 31.4 Å². The van der Waals surface area contributed by atoms with E-state index in [0.717, 1.165) is 12.8 Å². The van der Waals surface area contributed by atoms with Crippen molar-refractivity contribution in [1.29, 1.82) is 0 Å². The summed E-state index contributed by atoms with van der Waals surface area (Å²) >= 11 is 8.81. The van der Waals surface area contributed by atoms with Crippen LogP contribution < -0.4 is 5.32 Å². The van der Waals surface area contributed by atoms with Gasteiger partial charge in [-0.25, -0.2) is 0 Å². The number of alkyl halides is 3. The first-order chi connectivity index (χ1) is 12.8. The summed E-state index contributed by atoms with van der Waals surface area (Å²) in [6, 6.07) is 0. The van der Waals surface area contributed by atoms with Crippen LogP contribution in [0.4, 0.5) is 13.2 Å². The van der Waals surface area contributed by atoms with E-state index < -0.39 is 11.9 Å². The lowest BCUT2D eigenvalue weighted by Gasteiger charge is -2.08. The molecule has 2 aromatic heterocycles. The minimum atomic E-state index is -4.52. The fourth-order valence-electron chi connectivity index (χ4n) is 2.78. The zero-order valence-corrected chi connectivity index (χ0v) is 16.6. The maximum atomic E-state index is 13.1. The van der Waals surface area contributed by atoms with Gasteiger partial charge < -0.3 is 5.32 Å². The second-order valence-electron chi connectivity index (χ2n) is 6.42. The number of rotatable bonds is 8. The van der Waals surface area contributed by atoms with E-state index in [1.165, 1.54) is 10.9 Å². The Kier molecular flexibility index (Phi) is 6.15. The van der Waals surface area contributed by atoms with E-state index >= 15 is 0 Å². The molecular weight excluding hydrogens is 451 g/mol. The molecule has 0 saturated heterocycles. The van der Waals surface area contributed by atoms with Crippen molar-refractivity contribution >= 4 is 33.4 Å². The molecule has 1 N–H and O–H groups in total. The van der Waals surface area contributed by atoms with Gasteiger partial charge in [-0.2, -0.15) is 23.4 Å². The van der Waals surface area contributed by atoms with Gasteiger partial charge in [0.15, 0.2) is 5.69 Å². The lowest BCUT2D eigenvalue weighted by molar-refractivity contribution is -0.142. The third-order valence-corrected chi connectivity index (χ3v) is 5.18. The molecule has 0 spiro atoms. The molecule has 0 atom stereocenters. The van der Waals surface area contributed by atoms with Crippen LogP contribution in [-0.4, -0.2) is 32.0 Å². The summed E-state index contributed by atoms with van der Waals surface area (Å²) in [4.78, 5) is 12.0. The molecule has 3 rings (SSSR count). The van der Waals surface area contributed by atoms with Gasteiger partial charge in [-0.1, -0.05) is 11.6 Å². The first kappa shape index (κ1) is 20.2. The largest absolute Gasteiger partial charge is 0.436 e. The summed E-state index contributed by atoms with van der Waals surface area (Å²) in [7, 11) is 0. The van der Waals surface area contributed by atoms with E-state index in [-0.39, 0.29) is 29.3 Å². The third-order valence-electron chi connectivity index (χ3n) is 4.20. The van der Waals surface area contributed by atoms with Crippen LogP contribution >= 0.6 is 27.5 Å². The van der Waals surface area contributed by atoms with Crippen molar-refractivity contribution in [3.05, 3.63) is 33.3 Å². The van der Waals surface area contributed by atoms with Crippen molar-refractivity contribution in [1.82, 2.24) is 24.9 Å². The average Bonchev–Trinajstić information content (AvgIpc) is 3.24. The first-order valence-corrected chi connectivity index (χ1v) is 9.71. The molecule has 11 heteroatoms. The van der Waals surface area contributed by atoms with Gasteiger partial charge in [0.1, 0.15) is 0 Å².